The molecule has 0 bridgehead atoms. The average Bonchev–Trinajstić information content (AvgIpc) is 2.96. The van der Waals surface area contributed by atoms with E-state index in [9.17, 15) is 4.79 Å². The zero-order valence-corrected chi connectivity index (χ0v) is 26.2. The number of carbonyl (C=O) groups excluding carboxylic acids is 1. The second-order valence-corrected chi connectivity index (χ2v) is 10.7. The van der Waals surface area contributed by atoms with Gasteiger partial charge in [-0.3, -0.25) is 4.79 Å². The molecule has 0 fully saturated rings. The first-order chi connectivity index (χ1) is 19.0. The minimum Gasteiger partial charge on any atom is -0.372 e. The van der Waals surface area contributed by atoms with E-state index < -0.39 is 0 Å². The summed E-state index contributed by atoms with van der Waals surface area (Å²) in [6.45, 7) is 16.4. The van der Waals surface area contributed by atoms with E-state index in [1.165, 1.54) is 5.69 Å². The molecule has 0 atom stereocenters. The Bertz CT molecular complexity index is 946. The molecule has 0 unspecified atom stereocenters. The number of rotatable bonds is 20. The molecule has 0 aliphatic heterocycles. The summed E-state index contributed by atoms with van der Waals surface area (Å²) in [6.07, 6.45) is 9.85. The van der Waals surface area contributed by atoms with Crippen molar-refractivity contribution in [3.8, 4) is 0 Å². The molecular weight excluding hydrogens is 504 g/mol. The molecule has 218 valence electrons. The van der Waals surface area contributed by atoms with Crippen LogP contribution in [-0.2, 0) is 4.79 Å². The van der Waals surface area contributed by atoms with Crippen molar-refractivity contribution in [2.45, 2.75) is 91.0 Å². The number of carbonyl (C=O) groups is 1. The summed E-state index contributed by atoms with van der Waals surface area (Å²) in [5.74, 6) is 1.65. The number of anilines is 4. The fourth-order valence-electron chi connectivity index (χ4n) is 4.64. The van der Waals surface area contributed by atoms with Gasteiger partial charge in [0.15, 0.2) is 5.82 Å². The van der Waals surface area contributed by atoms with Gasteiger partial charge in [0.25, 0.3) is 0 Å². The number of para-hydroxylation sites is 1. The van der Waals surface area contributed by atoms with Gasteiger partial charge in [-0.2, -0.15) is 4.98 Å². The summed E-state index contributed by atoms with van der Waals surface area (Å²) < 4.78 is 0. The number of nitrogens with zero attached hydrogens (tertiary/aromatic N) is 5. The fraction of sp³-hybridized carbons (Fsp3) is 0.645. The van der Waals surface area contributed by atoms with Crippen LogP contribution in [0, 0.1) is 0 Å². The highest BCUT2D eigenvalue weighted by atomic mass is 32.2. The van der Waals surface area contributed by atoms with Crippen LogP contribution in [0.5, 0.6) is 0 Å². The molecular formula is C31H52N6OS. The van der Waals surface area contributed by atoms with Gasteiger partial charge in [0.05, 0.1) is 0 Å². The van der Waals surface area contributed by atoms with E-state index in [2.05, 4.69) is 85.0 Å². The Hall–Kier alpha value is -2.48. The molecule has 1 N–H and O–H groups in total. The average molecular weight is 557 g/mol. The second kappa shape index (κ2) is 18.7. The summed E-state index contributed by atoms with van der Waals surface area (Å²) >= 11 is 1.58. The topological polar surface area (TPSA) is 64.6 Å². The van der Waals surface area contributed by atoms with Crippen molar-refractivity contribution in [1.82, 2.24) is 9.97 Å². The normalized spacial score (nSPS) is 10.9. The number of hydrogen-bond donors (Lipinski definition) is 1. The van der Waals surface area contributed by atoms with Gasteiger partial charge in [0.2, 0.25) is 11.9 Å². The molecule has 0 aliphatic rings. The van der Waals surface area contributed by atoms with E-state index in [1.54, 1.807) is 11.8 Å². The number of unbranched alkanes of at least 4 members (excludes halogenated alkanes) is 3. The smallest absolute Gasteiger partial charge is 0.228 e. The monoisotopic (exact) mass is 556 g/mol. The number of nitrogens with one attached hydrogen (secondary N) is 1. The van der Waals surface area contributed by atoms with Gasteiger partial charge < -0.3 is 20.0 Å². The van der Waals surface area contributed by atoms with Gasteiger partial charge in [-0.05, 0) is 64.3 Å². The highest BCUT2D eigenvalue weighted by Crippen LogP contribution is 2.35. The van der Waals surface area contributed by atoms with Crippen LogP contribution in [0.25, 0.3) is 0 Å². The third-order valence-corrected chi connectivity index (χ3v) is 7.59. The summed E-state index contributed by atoms with van der Waals surface area (Å²) in [5, 5.41) is 4.09. The molecule has 1 heterocycles. The maximum absolute atomic E-state index is 13.2. The fourth-order valence-corrected chi connectivity index (χ4v) is 5.16. The molecule has 1 amide bonds. The number of hydrogen-bond acceptors (Lipinski definition) is 7. The van der Waals surface area contributed by atoms with E-state index >= 15 is 0 Å². The Kier molecular flexibility index (Phi) is 15.7. The van der Waals surface area contributed by atoms with Crippen LogP contribution in [0.2, 0.25) is 0 Å². The van der Waals surface area contributed by atoms with Gasteiger partial charge in [0, 0.05) is 51.4 Å². The lowest BCUT2D eigenvalue weighted by Gasteiger charge is -2.29. The SMILES string of the molecule is CCCCN(CCCC)c1nc(N(CC)CC)nc(SC)c1NC(=O)CCCCN(CCC)c1ccccc1. The minimum absolute atomic E-state index is 0.0402. The summed E-state index contributed by atoms with van der Waals surface area (Å²) in [5.41, 5.74) is 2.02. The molecule has 1 aromatic carbocycles. The number of aromatic nitrogens is 2. The molecule has 2 rings (SSSR count). The molecule has 0 radical (unpaired) electrons. The van der Waals surface area contributed by atoms with Crippen LogP contribution >= 0.6 is 11.8 Å². The predicted molar refractivity (Wildman–Crippen MR) is 171 cm³/mol. The van der Waals surface area contributed by atoms with Gasteiger partial charge in [0.1, 0.15) is 10.7 Å². The quantitative estimate of drug-likeness (QED) is 0.103. The van der Waals surface area contributed by atoms with Crippen molar-refractivity contribution in [2.75, 3.05) is 65.5 Å². The molecule has 0 aliphatic carbocycles. The number of thioether (sulfide) groups is 1. The lowest BCUT2D eigenvalue weighted by atomic mass is 10.2. The third kappa shape index (κ3) is 10.5. The van der Waals surface area contributed by atoms with Crippen LogP contribution in [0.3, 0.4) is 0 Å². The maximum Gasteiger partial charge on any atom is 0.228 e. The van der Waals surface area contributed by atoms with Crippen LogP contribution in [0.1, 0.15) is 86.0 Å². The molecule has 39 heavy (non-hydrogen) atoms. The lowest BCUT2D eigenvalue weighted by Crippen LogP contribution is -2.31. The Morgan fingerprint density at radius 3 is 1.97 bits per heavy atom. The molecule has 0 spiro atoms. The van der Waals surface area contributed by atoms with Crippen molar-refractivity contribution in [3.05, 3.63) is 30.3 Å². The largest absolute Gasteiger partial charge is 0.372 e. The van der Waals surface area contributed by atoms with Gasteiger partial charge >= 0.3 is 0 Å². The zero-order chi connectivity index (χ0) is 28.5. The zero-order valence-electron chi connectivity index (χ0n) is 25.3. The van der Waals surface area contributed by atoms with E-state index in [0.29, 0.717) is 6.42 Å². The highest BCUT2D eigenvalue weighted by molar-refractivity contribution is 7.98. The Morgan fingerprint density at radius 2 is 1.41 bits per heavy atom. The van der Waals surface area contributed by atoms with Crippen molar-refractivity contribution < 1.29 is 4.79 Å². The van der Waals surface area contributed by atoms with Crippen molar-refractivity contribution in [3.63, 3.8) is 0 Å². The highest BCUT2D eigenvalue weighted by Gasteiger charge is 2.22. The summed E-state index contributed by atoms with van der Waals surface area (Å²) in [6, 6.07) is 10.6. The molecule has 0 saturated carbocycles. The molecule has 8 heteroatoms. The molecule has 7 nitrogen and oxygen atoms in total. The minimum atomic E-state index is 0.0402. The van der Waals surface area contributed by atoms with Crippen molar-refractivity contribution in [1.29, 1.82) is 0 Å². The first-order valence-corrected chi connectivity index (χ1v) is 16.3. The molecule has 0 saturated heterocycles. The van der Waals surface area contributed by atoms with E-state index in [1.807, 2.05) is 6.26 Å². The van der Waals surface area contributed by atoms with E-state index in [0.717, 1.165) is 107 Å². The second-order valence-electron chi connectivity index (χ2n) is 9.93. The Balaban J connectivity index is 2.20. The van der Waals surface area contributed by atoms with Gasteiger partial charge in [-0.1, -0.05) is 51.8 Å². The van der Waals surface area contributed by atoms with Crippen LogP contribution in [-0.4, -0.2) is 61.4 Å². The van der Waals surface area contributed by atoms with E-state index in [4.69, 9.17) is 9.97 Å². The van der Waals surface area contributed by atoms with Gasteiger partial charge in [-0.25, -0.2) is 4.98 Å². The van der Waals surface area contributed by atoms with Gasteiger partial charge in [-0.15, -0.1) is 11.8 Å². The number of amides is 1. The Morgan fingerprint density at radius 1 is 0.769 bits per heavy atom. The first kappa shape index (κ1) is 32.7. The number of benzene rings is 1. The third-order valence-electron chi connectivity index (χ3n) is 6.91. The maximum atomic E-state index is 13.2. The molecule has 1 aromatic heterocycles. The lowest BCUT2D eigenvalue weighted by molar-refractivity contribution is -0.116. The van der Waals surface area contributed by atoms with E-state index in [-0.39, 0.29) is 5.91 Å². The summed E-state index contributed by atoms with van der Waals surface area (Å²) in [4.78, 5) is 30.2. The van der Waals surface area contributed by atoms with Crippen LogP contribution < -0.4 is 20.0 Å². The summed E-state index contributed by atoms with van der Waals surface area (Å²) in [7, 11) is 0. The predicted octanol–water partition coefficient (Wildman–Crippen LogP) is 7.48. The standard InChI is InChI=1S/C31H52N6OS/c1-7-12-23-37(24-13-8-2)29-28(30(39-6)34-31(33-29)35(10-4)11-5)32-27(38)21-17-18-25-36(22-9-3)26-19-15-14-16-20-26/h14-16,19-20H,7-13,17-18,21-25H2,1-6H3,(H,32,38). The van der Waals surface area contributed by atoms with Crippen LogP contribution in [0.15, 0.2) is 35.4 Å². The first-order valence-electron chi connectivity index (χ1n) is 15.1. The van der Waals surface area contributed by atoms with Crippen LogP contribution in [0.4, 0.5) is 23.1 Å². The molecule has 2 aromatic rings. The van der Waals surface area contributed by atoms with Crippen molar-refractivity contribution >= 4 is 40.8 Å². The van der Waals surface area contributed by atoms with Crippen molar-refractivity contribution in [2.24, 2.45) is 0 Å². The Labute approximate surface area is 242 Å².